The highest BCUT2D eigenvalue weighted by Gasteiger charge is 2.24. The van der Waals surface area contributed by atoms with Gasteiger partial charge in [0.15, 0.2) is 0 Å². The van der Waals surface area contributed by atoms with Crippen LogP contribution in [0.3, 0.4) is 0 Å². The molecule has 0 unspecified atom stereocenters. The first-order valence-corrected chi connectivity index (χ1v) is 6.30. The molecule has 1 aromatic rings. The van der Waals surface area contributed by atoms with Crippen molar-refractivity contribution in [3.63, 3.8) is 0 Å². The van der Waals surface area contributed by atoms with Gasteiger partial charge < -0.3 is 4.90 Å². The van der Waals surface area contributed by atoms with Crippen LogP contribution in [0.25, 0.3) is 0 Å². The van der Waals surface area contributed by atoms with Crippen LogP contribution in [-0.2, 0) is 11.2 Å². The average Bonchev–Trinajstić information content (AvgIpc) is 2.27. The van der Waals surface area contributed by atoms with E-state index in [0.29, 0.717) is 28.7 Å². The Labute approximate surface area is 107 Å². The van der Waals surface area contributed by atoms with E-state index in [1.165, 1.54) is 6.07 Å². The van der Waals surface area contributed by atoms with Crippen molar-refractivity contribution < 1.29 is 9.18 Å². The van der Waals surface area contributed by atoms with Crippen molar-refractivity contribution in [1.29, 1.82) is 0 Å². The van der Waals surface area contributed by atoms with Gasteiger partial charge in [-0.05, 0) is 25.0 Å². The fraction of sp³-hybridized carbons (Fsp3) is 0.364. The van der Waals surface area contributed by atoms with E-state index in [1.807, 2.05) is 0 Å². The highest BCUT2D eigenvalue weighted by Crippen LogP contribution is 2.32. The molecule has 1 aliphatic heterocycles. The highest BCUT2D eigenvalue weighted by molar-refractivity contribution is 9.10. The number of rotatable bonds is 1. The standard InChI is InChI=1S/C11H10BrClFNO/c12-7-4-9(14)8-2-1-3-15(10(8)5-7)11(16)6-13/h4-5H,1-3,6H2. The second-order valence-electron chi connectivity index (χ2n) is 3.67. The van der Waals surface area contributed by atoms with Gasteiger partial charge in [-0.3, -0.25) is 4.79 Å². The average molecular weight is 307 g/mol. The summed E-state index contributed by atoms with van der Waals surface area (Å²) < 4.78 is 14.3. The predicted octanol–water partition coefficient (Wildman–Crippen LogP) is 3.11. The molecule has 0 saturated carbocycles. The molecule has 2 nitrogen and oxygen atoms in total. The molecule has 0 atom stereocenters. The molecule has 0 bridgehead atoms. The van der Waals surface area contributed by atoms with E-state index in [1.54, 1.807) is 11.0 Å². The van der Waals surface area contributed by atoms with Crippen molar-refractivity contribution in [2.75, 3.05) is 17.3 Å². The fourth-order valence-corrected chi connectivity index (χ4v) is 2.51. The third-order valence-corrected chi connectivity index (χ3v) is 3.34. The van der Waals surface area contributed by atoms with E-state index in [-0.39, 0.29) is 17.6 Å². The monoisotopic (exact) mass is 305 g/mol. The number of fused-ring (bicyclic) bond motifs is 1. The van der Waals surface area contributed by atoms with Crippen LogP contribution in [0.4, 0.5) is 10.1 Å². The summed E-state index contributed by atoms with van der Waals surface area (Å²) in [6.45, 7) is 0.606. The molecule has 0 radical (unpaired) electrons. The number of hydrogen-bond acceptors (Lipinski definition) is 1. The number of alkyl halides is 1. The molecular formula is C11H10BrClFNO. The molecular weight excluding hydrogens is 296 g/mol. The summed E-state index contributed by atoms with van der Waals surface area (Å²) >= 11 is 8.76. The van der Waals surface area contributed by atoms with Crippen molar-refractivity contribution >= 4 is 39.1 Å². The molecule has 1 aromatic carbocycles. The Morgan fingerprint density at radius 3 is 3.00 bits per heavy atom. The van der Waals surface area contributed by atoms with Crippen molar-refractivity contribution in [3.8, 4) is 0 Å². The Balaban J connectivity index is 2.49. The van der Waals surface area contributed by atoms with Gasteiger partial charge in [0, 0.05) is 16.6 Å². The summed E-state index contributed by atoms with van der Waals surface area (Å²) in [5, 5.41) is 0. The maximum Gasteiger partial charge on any atom is 0.241 e. The molecule has 16 heavy (non-hydrogen) atoms. The van der Waals surface area contributed by atoms with E-state index in [2.05, 4.69) is 15.9 Å². The molecule has 1 heterocycles. The zero-order valence-electron chi connectivity index (χ0n) is 8.47. The number of nitrogens with zero attached hydrogens (tertiary/aromatic N) is 1. The summed E-state index contributed by atoms with van der Waals surface area (Å²) in [4.78, 5) is 13.2. The number of carbonyl (C=O) groups is 1. The normalized spacial score (nSPS) is 14.8. The van der Waals surface area contributed by atoms with Gasteiger partial charge in [-0.1, -0.05) is 15.9 Å². The van der Waals surface area contributed by atoms with Crippen LogP contribution in [0.2, 0.25) is 0 Å². The molecule has 1 amide bonds. The quantitative estimate of drug-likeness (QED) is 0.730. The molecule has 86 valence electrons. The number of amides is 1. The summed E-state index contributed by atoms with van der Waals surface area (Å²) in [7, 11) is 0. The van der Waals surface area contributed by atoms with Gasteiger partial charge in [0.1, 0.15) is 11.7 Å². The van der Waals surface area contributed by atoms with Crippen LogP contribution in [0.5, 0.6) is 0 Å². The second kappa shape index (κ2) is 4.72. The summed E-state index contributed by atoms with van der Waals surface area (Å²) in [5.74, 6) is -0.523. The Hall–Kier alpha value is -0.610. The van der Waals surface area contributed by atoms with E-state index < -0.39 is 0 Å². The lowest BCUT2D eigenvalue weighted by Gasteiger charge is -2.29. The minimum Gasteiger partial charge on any atom is -0.311 e. The van der Waals surface area contributed by atoms with Crippen LogP contribution in [-0.4, -0.2) is 18.3 Å². The van der Waals surface area contributed by atoms with Crippen molar-refractivity contribution in [2.24, 2.45) is 0 Å². The van der Waals surface area contributed by atoms with Crippen LogP contribution in [0.1, 0.15) is 12.0 Å². The third-order valence-electron chi connectivity index (χ3n) is 2.65. The first-order chi connectivity index (χ1) is 7.63. The zero-order chi connectivity index (χ0) is 11.7. The Morgan fingerprint density at radius 2 is 2.31 bits per heavy atom. The van der Waals surface area contributed by atoms with Crippen LogP contribution >= 0.6 is 27.5 Å². The molecule has 0 fully saturated rings. The van der Waals surface area contributed by atoms with Crippen LogP contribution in [0, 0.1) is 5.82 Å². The van der Waals surface area contributed by atoms with Gasteiger partial charge in [0.25, 0.3) is 0 Å². The summed E-state index contributed by atoms with van der Waals surface area (Å²) in [5.41, 5.74) is 1.25. The number of benzene rings is 1. The lowest BCUT2D eigenvalue weighted by Crippen LogP contribution is -2.36. The molecule has 0 aromatic heterocycles. The molecule has 1 aliphatic rings. The maximum absolute atomic E-state index is 13.7. The summed E-state index contributed by atoms with van der Waals surface area (Å²) in [6.07, 6.45) is 1.44. The maximum atomic E-state index is 13.7. The number of hydrogen-bond donors (Lipinski definition) is 0. The van der Waals surface area contributed by atoms with Gasteiger partial charge in [-0.25, -0.2) is 4.39 Å². The smallest absolute Gasteiger partial charge is 0.241 e. The fourth-order valence-electron chi connectivity index (χ4n) is 1.94. The van der Waals surface area contributed by atoms with Gasteiger partial charge >= 0.3 is 0 Å². The van der Waals surface area contributed by atoms with Gasteiger partial charge in [-0.15, -0.1) is 11.6 Å². The molecule has 0 N–H and O–H groups in total. The predicted molar refractivity (Wildman–Crippen MR) is 65.5 cm³/mol. The lowest BCUT2D eigenvalue weighted by molar-refractivity contribution is -0.116. The van der Waals surface area contributed by atoms with Gasteiger partial charge in [0.05, 0.1) is 5.69 Å². The SMILES string of the molecule is O=C(CCl)N1CCCc2c(F)cc(Br)cc21. The van der Waals surface area contributed by atoms with Crippen molar-refractivity contribution in [3.05, 3.63) is 28.0 Å². The summed E-state index contributed by atoms with van der Waals surface area (Å²) in [6, 6.07) is 3.19. The van der Waals surface area contributed by atoms with E-state index in [4.69, 9.17) is 11.6 Å². The van der Waals surface area contributed by atoms with E-state index in [0.717, 1.165) is 6.42 Å². The minimum atomic E-state index is -0.267. The van der Waals surface area contributed by atoms with Gasteiger partial charge in [0.2, 0.25) is 5.91 Å². The second-order valence-corrected chi connectivity index (χ2v) is 4.85. The first-order valence-electron chi connectivity index (χ1n) is 4.97. The zero-order valence-corrected chi connectivity index (χ0v) is 10.8. The Kier molecular flexibility index (Phi) is 3.50. The number of anilines is 1. The van der Waals surface area contributed by atoms with Crippen molar-refractivity contribution in [2.45, 2.75) is 12.8 Å². The first kappa shape index (κ1) is 11.9. The van der Waals surface area contributed by atoms with Crippen LogP contribution in [0.15, 0.2) is 16.6 Å². The van der Waals surface area contributed by atoms with E-state index in [9.17, 15) is 9.18 Å². The van der Waals surface area contributed by atoms with Crippen molar-refractivity contribution in [1.82, 2.24) is 0 Å². The highest BCUT2D eigenvalue weighted by atomic mass is 79.9. The lowest BCUT2D eigenvalue weighted by atomic mass is 10.0. The molecule has 2 rings (SSSR count). The van der Waals surface area contributed by atoms with E-state index >= 15 is 0 Å². The number of halogens is 3. The number of carbonyl (C=O) groups excluding carboxylic acids is 1. The third kappa shape index (κ3) is 2.09. The Morgan fingerprint density at radius 1 is 1.56 bits per heavy atom. The molecule has 0 saturated heterocycles. The topological polar surface area (TPSA) is 20.3 Å². The largest absolute Gasteiger partial charge is 0.311 e. The Bertz CT molecular complexity index is 438. The van der Waals surface area contributed by atoms with Gasteiger partial charge in [-0.2, -0.15) is 0 Å². The molecule has 5 heteroatoms. The minimum absolute atomic E-state index is 0.0758. The van der Waals surface area contributed by atoms with Crippen LogP contribution < -0.4 is 4.90 Å². The molecule has 0 aliphatic carbocycles. The molecule has 0 spiro atoms.